The lowest BCUT2D eigenvalue weighted by Crippen LogP contribution is -2.24. The number of aryl methyl sites for hydroxylation is 2. The summed E-state index contributed by atoms with van der Waals surface area (Å²) in [6.07, 6.45) is 6.13. The van der Waals surface area contributed by atoms with Crippen molar-refractivity contribution in [2.24, 2.45) is 0 Å². The largest absolute Gasteiger partial charge is 0.325 e. The molecule has 0 saturated carbocycles. The average molecular weight is 366 g/mol. The summed E-state index contributed by atoms with van der Waals surface area (Å²) in [7, 11) is 0. The molecule has 1 aromatic heterocycles. The fourth-order valence-electron chi connectivity index (χ4n) is 3.16. The number of fused-ring (bicyclic) bond motifs is 1. The maximum atomic E-state index is 12.6. The summed E-state index contributed by atoms with van der Waals surface area (Å²) in [5.41, 5.74) is 3.67. The summed E-state index contributed by atoms with van der Waals surface area (Å²) in [5.74, 6) is -0.0515. The Morgan fingerprint density at radius 2 is 2.04 bits per heavy atom. The number of nitriles is 1. The van der Waals surface area contributed by atoms with E-state index in [-0.39, 0.29) is 11.2 Å². The Morgan fingerprint density at radius 3 is 2.77 bits per heavy atom. The first-order chi connectivity index (χ1) is 12.7. The van der Waals surface area contributed by atoms with Crippen LogP contribution < -0.4 is 5.32 Å². The molecule has 0 aliphatic heterocycles. The van der Waals surface area contributed by atoms with Gasteiger partial charge in [0, 0.05) is 11.4 Å². The molecular weight excluding hydrogens is 342 g/mol. The monoisotopic (exact) mass is 365 g/mol. The molecule has 0 radical (unpaired) electrons. The van der Waals surface area contributed by atoms with Gasteiger partial charge in [0.25, 0.3) is 0 Å². The predicted octanol–water partition coefficient (Wildman–Crippen LogP) is 4.73. The number of anilines is 1. The van der Waals surface area contributed by atoms with Gasteiger partial charge < -0.3 is 5.32 Å². The van der Waals surface area contributed by atoms with Crippen LogP contribution in [0.25, 0.3) is 0 Å². The standard InChI is InChI=1S/C21H23N3OS/c1-2-19(20(25)23-17-10-6-4-7-11-17)26-21-16(14-22)13-15-9-5-3-8-12-18(15)24-21/h4,6-7,10-11,13,19H,2-3,5,8-9,12H2,1H3,(H,23,25). The molecule has 0 saturated heterocycles. The van der Waals surface area contributed by atoms with Crippen LogP contribution in [0.5, 0.6) is 0 Å². The molecule has 0 fully saturated rings. The van der Waals surface area contributed by atoms with Crippen molar-refractivity contribution < 1.29 is 4.79 Å². The van der Waals surface area contributed by atoms with E-state index in [9.17, 15) is 10.1 Å². The Hall–Kier alpha value is -2.32. The van der Waals surface area contributed by atoms with Crippen LogP contribution in [0.2, 0.25) is 0 Å². The molecule has 1 aromatic carbocycles. The Labute approximate surface area is 159 Å². The maximum absolute atomic E-state index is 12.6. The van der Waals surface area contributed by atoms with Gasteiger partial charge in [-0.25, -0.2) is 4.98 Å². The number of amides is 1. The second-order valence-electron chi connectivity index (χ2n) is 6.49. The van der Waals surface area contributed by atoms with Gasteiger partial charge in [-0.3, -0.25) is 4.79 Å². The van der Waals surface area contributed by atoms with Crippen molar-refractivity contribution in [1.29, 1.82) is 5.26 Å². The predicted molar refractivity (Wildman–Crippen MR) is 105 cm³/mol. The van der Waals surface area contributed by atoms with Gasteiger partial charge in [0.1, 0.15) is 11.1 Å². The number of para-hydroxylation sites is 1. The number of carbonyl (C=O) groups excluding carboxylic acids is 1. The van der Waals surface area contributed by atoms with Gasteiger partial charge in [-0.2, -0.15) is 5.26 Å². The van der Waals surface area contributed by atoms with E-state index in [1.807, 2.05) is 43.3 Å². The minimum atomic E-state index is -0.279. The molecule has 1 heterocycles. The smallest absolute Gasteiger partial charge is 0.237 e. The summed E-state index contributed by atoms with van der Waals surface area (Å²) < 4.78 is 0. The van der Waals surface area contributed by atoms with E-state index in [0.29, 0.717) is 17.0 Å². The van der Waals surface area contributed by atoms with Gasteiger partial charge >= 0.3 is 0 Å². The SMILES string of the molecule is CCC(Sc1nc2c(cc1C#N)CCCCC2)C(=O)Nc1ccccc1. The topological polar surface area (TPSA) is 65.8 Å². The number of benzene rings is 1. The summed E-state index contributed by atoms with van der Waals surface area (Å²) in [4.78, 5) is 17.4. The highest BCUT2D eigenvalue weighted by molar-refractivity contribution is 8.00. The first-order valence-corrected chi connectivity index (χ1v) is 10.0. The molecule has 2 aromatic rings. The van der Waals surface area contributed by atoms with Crippen LogP contribution >= 0.6 is 11.8 Å². The third kappa shape index (κ3) is 4.44. The van der Waals surface area contributed by atoms with E-state index in [1.54, 1.807) is 0 Å². The molecule has 26 heavy (non-hydrogen) atoms. The fraction of sp³-hybridized carbons (Fsp3) is 0.381. The molecule has 1 aliphatic rings. The lowest BCUT2D eigenvalue weighted by Gasteiger charge is -2.16. The lowest BCUT2D eigenvalue weighted by molar-refractivity contribution is -0.115. The maximum Gasteiger partial charge on any atom is 0.237 e. The van der Waals surface area contributed by atoms with Gasteiger partial charge in [0.2, 0.25) is 5.91 Å². The molecule has 1 amide bonds. The number of nitrogens with zero attached hydrogens (tertiary/aromatic N) is 2. The Morgan fingerprint density at radius 1 is 1.27 bits per heavy atom. The molecule has 0 bridgehead atoms. The van der Waals surface area contributed by atoms with Crippen molar-refractivity contribution in [3.63, 3.8) is 0 Å². The zero-order valence-electron chi connectivity index (χ0n) is 15.0. The fourth-order valence-corrected chi connectivity index (χ4v) is 4.16. The van der Waals surface area contributed by atoms with E-state index < -0.39 is 0 Å². The second-order valence-corrected chi connectivity index (χ2v) is 7.68. The van der Waals surface area contributed by atoms with Gasteiger partial charge in [-0.05, 0) is 55.9 Å². The van der Waals surface area contributed by atoms with Crippen molar-refractivity contribution >= 4 is 23.4 Å². The molecule has 1 unspecified atom stereocenters. The highest BCUT2D eigenvalue weighted by Crippen LogP contribution is 2.31. The lowest BCUT2D eigenvalue weighted by atomic mass is 10.1. The molecule has 134 valence electrons. The molecule has 5 heteroatoms. The van der Waals surface area contributed by atoms with Crippen LogP contribution in [-0.2, 0) is 17.6 Å². The number of thioether (sulfide) groups is 1. The Balaban J connectivity index is 1.80. The van der Waals surface area contributed by atoms with Gasteiger partial charge in [0.15, 0.2) is 0 Å². The second kappa shape index (κ2) is 8.86. The zero-order chi connectivity index (χ0) is 18.4. The van der Waals surface area contributed by atoms with E-state index in [0.717, 1.165) is 37.1 Å². The van der Waals surface area contributed by atoms with Crippen molar-refractivity contribution in [2.45, 2.75) is 55.7 Å². The zero-order valence-corrected chi connectivity index (χ0v) is 15.8. The average Bonchev–Trinajstić information content (AvgIpc) is 2.90. The molecule has 1 N–H and O–H groups in total. The van der Waals surface area contributed by atoms with Crippen LogP contribution in [-0.4, -0.2) is 16.1 Å². The third-order valence-corrected chi connectivity index (χ3v) is 5.96. The number of hydrogen-bond donors (Lipinski definition) is 1. The minimum absolute atomic E-state index is 0.0515. The van der Waals surface area contributed by atoms with Gasteiger partial charge in [-0.1, -0.05) is 43.3 Å². The van der Waals surface area contributed by atoms with E-state index in [2.05, 4.69) is 11.4 Å². The first kappa shape index (κ1) is 18.5. The summed E-state index contributed by atoms with van der Waals surface area (Å²) in [6, 6.07) is 13.7. The summed E-state index contributed by atoms with van der Waals surface area (Å²) >= 11 is 1.40. The van der Waals surface area contributed by atoms with Gasteiger partial charge in [-0.15, -0.1) is 0 Å². The third-order valence-electron chi connectivity index (χ3n) is 4.59. The van der Waals surface area contributed by atoms with Crippen molar-refractivity contribution in [1.82, 2.24) is 4.98 Å². The van der Waals surface area contributed by atoms with Crippen molar-refractivity contribution in [3.05, 3.63) is 53.2 Å². The van der Waals surface area contributed by atoms with Crippen LogP contribution in [0.15, 0.2) is 41.4 Å². The Kier molecular flexibility index (Phi) is 6.30. The summed E-state index contributed by atoms with van der Waals surface area (Å²) in [6.45, 7) is 1.98. The van der Waals surface area contributed by atoms with Gasteiger partial charge in [0.05, 0.1) is 10.8 Å². The molecule has 1 aliphatic carbocycles. The van der Waals surface area contributed by atoms with Crippen LogP contribution in [0.3, 0.4) is 0 Å². The van der Waals surface area contributed by atoms with E-state index in [1.165, 1.54) is 23.7 Å². The van der Waals surface area contributed by atoms with E-state index in [4.69, 9.17) is 4.98 Å². The molecular formula is C21H23N3OS. The number of carbonyl (C=O) groups is 1. The number of pyridine rings is 1. The van der Waals surface area contributed by atoms with Crippen molar-refractivity contribution in [2.75, 3.05) is 5.32 Å². The highest BCUT2D eigenvalue weighted by atomic mass is 32.2. The summed E-state index contributed by atoms with van der Waals surface area (Å²) in [5, 5.41) is 12.9. The number of nitrogens with one attached hydrogen (secondary N) is 1. The molecule has 1 atom stereocenters. The number of hydrogen-bond acceptors (Lipinski definition) is 4. The van der Waals surface area contributed by atoms with E-state index >= 15 is 0 Å². The van der Waals surface area contributed by atoms with Crippen LogP contribution in [0.4, 0.5) is 5.69 Å². The number of aromatic nitrogens is 1. The number of rotatable bonds is 5. The first-order valence-electron chi connectivity index (χ1n) is 9.16. The normalized spacial score (nSPS) is 14.6. The minimum Gasteiger partial charge on any atom is -0.325 e. The highest BCUT2D eigenvalue weighted by Gasteiger charge is 2.22. The Bertz CT molecular complexity index is 814. The quantitative estimate of drug-likeness (QED) is 0.614. The van der Waals surface area contributed by atoms with Crippen LogP contribution in [0.1, 0.15) is 49.4 Å². The van der Waals surface area contributed by atoms with Crippen LogP contribution in [0, 0.1) is 11.3 Å². The molecule has 3 rings (SSSR count). The molecule has 0 spiro atoms. The molecule has 4 nitrogen and oxygen atoms in total. The van der Waals surface area contributed by atoms with Crippen molar-refractivity contribution in [3.8, 4) is 6.07 Å².